The summed E-state index contributed by atoms with van der Waals surface area (Å²) in [5.41, 5.74) is 4.08. The first-order valence-corrected chi connectivity index (χ1v) is 10.5. The number of nitrogens with zero attached hydrogens (tertiary/aromatic N) is 3. The number of fused-ring (bicyclic) bond motifs is 1. The van der Waals surface area contributed by atoms with E-state index < -0.39 is 0 Å². The molecule has 3 heterocycles. The van der Waals surface area contributed by atoms with E-state index in [1.807, 2.05) is 66.9 Å². The van der Waals surface area contributed by atoms with Crippen molar-refractivity contribution in [1.82, 2.24) is 15.3 Å². The molecule has 1 fully saturated rings. The fraction of sp³-hybridized carbons (Fsp3) is 0.208. The molecule has 0 aliphatic carbocycles. The Morgan fingerprint density at radius 3 is 2.55 bits per heavy atom. The number of oxazole rings is 1. The van der Waals surface area contributed by atoms with Gasteiger partial charge in [-0.05, 0) is 60.9 Å². The molecule has 4 aromatic rings. The number of pyridine rings is 1. The normalized spacial score (nSPS) is 13.5. The van der Waals surface area contributed by atoms with Crippen molar-refractivity contribution in [2.45, 2.75) is 19.4 Å². The van der Waals surface area contributed by atoms with Gasteiger partial charge in [0.25, 0.3) is 0 Å². The summed E-state index contributed by atoms with van der Waals surface area (Å²) in [6.45, 7) is 2.55. The number of benzene rings is 2. The largest absolute Gasteiger partial charge is 0.436 e. The Morgan fingerprint density at radius 2 is 1.81 bits per heavy atom. The van der Waals surface area contributed by atoms with E-state index in [9.17, 15) is 4.79 Å². The molecule has 0 unspecified atom stereocenters. The van der Waals surface area contributed by atoms with Crippen LogP contribution in [0.3, 0.4) is 0 Å². The average Bonchev–Trinajstić information content (AvgIpc) is 3.49. The molecule has 1 saturated heterocycles. The van der Waals surface area contributed by atoms with Gasteiger partial charge in [-0.3, -0.25) is 0 Å². The van der Waals surface area contributed by atoms with Crippen molar-refractivity contribution < 1.29 is 9.21 Å². The van der Waals surface area contributed by atoms with E-state index in [1.165, 1.54) is 12.8 Å². The second-order valence-electron chi connectivity index (χ2n) is 7.59. The molecule has 0 bridgehead atoms. The van der Waals surface area contributed by atoms with Crippen LogP contribution in [0.25, 0.3) is 22.6 Å². The van der Waals surface area contributed by atoms with Crippen molar-refractivity contribution in [3.05, 3.63) is 72.4 Å². The van der Waals surface area contributed by atoms with Crippen molar-refractivity contribution in [2.24, 2.45) is 0 Å². The molecule has 0 spiro atoms. The van der Waals surface area contributed by atoms with Gasteiger partial charge in [0.1, 0.15) is 11.3 Å². The fourth-order valence-electron chi connectivity index (χ4n) is 3.70. The maximum absolute atomic E-state index is 12.3. The molecule has 1 aliphatic heterocycles. The summed E-state index contributed by atoms with van der Waals surface area (Å²) in [7, 11) is 0. The Kier molecular flexibility index (Phi) is 5.22. The number of hydrogen-bond acceptors (Lipinski definition) is 5. The van der Waals surface area contributed by atoms with Crippen LogP contribution in [0, 0.1) is 0 Å². The molecule has 0 radical (unpaired) electrons. The van der Waals surface area contributed by atoms with Crippen molar-refractivity contribution >= 4 is 28.6 Å². The molecule has 156 valence electrons. The van der Waals surface area contributed by atoms with Crippen LogP contribution in [-0.4, -0.2) is 29.1 Å². The van der Waals surface area contributed by atoms with Gasteiger partial charge < -0.3 is 20.0 Å². The molecule has 7 heteroatoms. The lowest BCUT2D eigenvalue weighted by Crippen LogP contribution is -2.28. The smallest absolute Gasteiger partial charge is 0.319 e. The van der Waals surface area contributed by atoms with Gasteiger partial charge in [-0.15, -0.1) is 0 Å². The Hall–Kier alpha value is -3.87. The van der Waals surface area contributed by atoms with E-state index in [0.717, 1.165) is 41.1 Å². The minimum Gasteiger partial charge on any atom is -0.436 e. The van der Waals surface area contributed by atoms with Gasteiger partial charge in [-0.2, -0.15) is 0 Å². The van der Waals surface area contributed by atoms with Crippen molar-refractivity contribution in [3.63, 3.8) is 0 Å². The summed E-state index contributed by atoms with van der Waals surface area (Å²) in [5.74, 6) is 1.56. The number of anilines is 2. The maximum Gasteiger partial charge on any atom is 0.319 e. The average molecular weight is 413 g/mol. The highest BCUT2D eigenvalue weighted by Gasteiger charge is 2.13. The van der Waals surface area contributed by atoms with Crippen LogP contribution >= 0.6 is 0 Å². The van der Waals surface area contributed by atoms with Crippen molar-refractivity contribution in [2.75, 3.05) is 23.3 Å². The van der Waals surface area contributed by atoms with E-state index in [2.05, 4.69) is 25.5 Å². The number of urea groups is 1. The predicted molar refractivity (Wildman–Crippen MR) is 121 cm³/mol. The SMILES string of the molecule is O=C(NCc1ccc(N2CCCC2)nc1)Nc1ccc(-c2nc3ccccc3o2)cc1. The van der Waals surface area contributed by atoms with Gasteiger partial charge in [-0.1, -0.05) is 18.2 Å². The van der Waals surface area contributed by atoms with Crippen LogP contribution in [0.5, 0.6) is 0 Å². The Morgan fingerprint density at radius 1 is 1.00 bits per heavy atom. The summed E-state index contributed by atoms with van der Waals surface area (Å²) in [6.07, 6.45) is 4.27. The van der Waals surface area contributed by atoms with Crippen LogP contribution in [0.4, 0.5) is 16.3 Å². The molecule has 7 nitrogen and oxygen atoms in total. The van der Waals surface area contributed by atoms with Gasteiger partial charge in [0, 0.05) is 37.1 Å². The molecule has 2 aromatic carbocycles. The van der Waals surface area contributed by atoms with Crippen molar-refractivity contribution in [3.8, 4) is 11.5 Å². The Bertz CT molecular complexity index is 1150. The zero-order valence-corrected chi connectivity index (χ0v) is 17.0. The van der Waals surface area contributed by atoms with Gasteiger partial charge in [0.15, 0.2) is 5.58 Å². The number of amides is 2. The second-order valence-corrected chi connectivity index (χ2v) is 7.59. The molecule has 2 N–H and O–H groups in total. The molecule has 1 aliphatic rings. The van der Waals surface area contributed by atoms with Crippen LogP contribution in [0.2, 0.25) is 0 Å². The minimum absolute atomic E-state index is 0.266. The highest BCUT2D eigenvalue weighted by Crippen LogP contribution is 2.25. The molecular weight excluding hydrogens is 390 g/mol. The second kappa shape index (κ2) is 8.47. The number of aromatic nitrogens is 2. The molecule has 0 saturated carbocycles. The molecule has 2 amide bonds. The highest BCUT2D eigenvalue weighted by atomic mass is 16.3. The van der Waals surface area contributed by atoms with Crippen LogP contribution in [-0.2, 0) is 6.54 Å². The third-order valence-corrected chi connectivity index (χ3v) is 5.38. The highest BCUT2D eigenvalue weighted by molar-refractivity contribution is 5.89. The summed E-state index contributed by atoms with van der Waals surface area (Å²) < 4.78 is 5.78. The van der Waals surface area contributed by atoms with E-state index in [-0.39, 0.29) is 6.03 Å². The molecule has 2 aromatic heterocycles. The lowest BCUT2D eigenvalue weighted by molar-refractivity contribution is 0.251. The first kappa shape index (κ1) is 19.1. The summed E-state index contributed by atoms with van der Waals surface area (Å²) in [4.78, 5) is 23.5. The lowest BCUT2D eigenvalue weighted by Gasteiger charge is -2.16. The minimum atomic E-state index is -0.266. The molecule has 0 atom stereocenters. The molecule has 31 heavy (non-hydrogen) atoms. The zero-order valence-electron chi connectivity index (χ0n) is 17.0. The first-order chi connectivity index (χ1) is 15.2. The summed E-state index contributed by atoms with van der Waals surface area (Å²) >= 11 is 0. The number of hydrogen-bond donors (Lipinski definition) is 2. The number of rotatable bonds is 5. The monoisotopic (exact) mass is 413 g/mol. The fourth-order valence-corrected chi connectivity index (χ4v) is 3.70. The first-order valence-electron chi connectivity index (χ1n) is 10.5. The quantitative estimate of drug-likeness (QED) is 0.490. The summed E-state index contributed by atoms with van der Waals surface area (Å²) in [6, 6.07) is 18.8. The maximum atomic E-state index is 12.3. The van der Waals surface area contributed by atoms with E-state index >= 15 is 0 Å². The van der Waals surface area contributed by atoms with E-state index in [0.29, 0.717) is 18.1 Å². The van der Waals surface area contributed by atoms with Crippen LogP contribution in [0.15, 0.2) is 71.3 Å². The molecular formula is C24H23N5O2. The van der Waals surface area contributed by atoms with Gasteiger partial charge in [-0.25, -0.2) is 14.8 Å². The van der Waals surface area contributed by atoms with E-state index in [1.54, 1.807) is 0 Å². The Balaban J connectivity index is 1.16. The van der Waals surface area contributed by atoms with Crippen LogP contribution < -0.4 is 15.5 Å². The number of para-hydroxylation sites is 2. The molecule has 5 rings (SSSR count). The third-order valence-electron chi connectivity index (χ3n) is 5.38. The standard InChI is InChI=1S/C24H23N5O2/c30-24(26-16-17-7-12-22(25-15-17)29-13-3-4-14-29)27-19-10-8-18(9-11-19)23-28-20-5-1-2-6-21(20)31-23/h1-2,5-12,15H,3-4,13-14,16H2,(H2,26,27,30). The van der Waals surface area contributed by atoms with E-state index in [4.69, 9.17) is 4.42 Å². The van der Waals surface area contributed by atoms with Crippen molar-refractivity contribution in [1.29, 1.82) is 0 Å². The Labute approximate surface area is 180 Å². The number of nitrogens with one attached hydrogen (secondary N) is 2. The van der Waals surface area contributed by atoms with Gasteiger partial charge >= 0.3 is 6.03 Å². The number of carbonyl (C=O) groups is 1. The predicted octanol–water partition coefficient (Wildman–Crippen LogP) is 4.81. The third kappa shape index (κ3) is 4.35. The van der Waals surface area contributed by atoms with Gasteiger partial charge in [0.2, 0.25) is 5.89 Å². The number of carbonyl (C=O) groups excluding carboxylic acids is 1. The van der Waals surface area contributed by atoms with Crippen LogP contribution in [0.1, 0.15) is 18.4 Å². The van der Waals surface area contributed by atoms with Gasteiger partial charge in [0.05, 0.1) is 0 Å². The zero-order chi connectivity index (χ0) is 21.0. The topological polar surface area (TPSA) is 83.3 Å². The summed E-state index contributed by atoms with van der Waals surface area (Å²) in [5, 5.41) is 5.71. The lowest BCUT2D eigenvalue weighted by atomic mass is 10.2.